The summed E-state index contributed by atoms with van der Waals surface area (Å²) in [5.41, 5.74) is 5.19. The van der Waals surface area contributed by atoms with Crippen molar-refractivity contribution in [1.29, 1.82) is 0 Å². The first kappa shape index (κ1) is 18.7. The number of phenols is 1. The lowest BCUT2D eigenvalue weighted by atomic mass is 9.98. The van der Waals surface area contributed by atoms with E-state index >= 15 is 0 Å². The van der Waals surface area contributed by atoms with Gasteiger partial charge in [0.15, 0.2) is 0 Å². The molecule has 0 fully saturated rings. The highest BCUT2D eigenvalue weighted by Crippen LogP contribution is 2.44. The Kier molecular flexibility index (Phi) is 5.29. The molecule has 5 heteroatoms. The van der Waals surface area contributed by atoms with Crippen molar-refractivity contribution >= 4 is 12.2 Å². The SMILES string of the molecule is O=C(NCC=Cc1cc(O)cc(F)c1)OCC1c2ccccc2-c2ccccc21. The Balaban J connectivity index is 1.34. The number of carbonyl (C=O) groups excluding carboxylic acids is 1. The molecule has 146 valence electrons. The number of halogens is 1. The second-order valence-corrected chi connectivity index (χ2v) is 6.85. The number of ether oxygens (including phenoxy) is 1. The normalized spacial score (nSPS) is 12.6. The summed E-state index contributed by atoms with van der Waals surface area (Å²) in [6, 6.07) is 20.1. The van der Waals surface area contributed by atoms with Crippen LogP contribution in [0.1, 0.15) is 22.6 Å². The predicted octanol–water partition coefficient (Wildman–Crippen LogP) is 5.08. The number of nitrogens with one attached hydrogen (secondary N) is 1. The molecule has 0 saturated carbocycles. The first-order chi connectivity index (χ1) is 14.1. The zero-order valence-corrected chi connectivity index (χ0v) is 15.6. The second-order valence-electron chi connectivity index (χ2n) is 6.85. The second kappa shape index (κ2) is 8.19. The highest BCUT2D eigenvalue weighted by Gasteiger charge is 2.28. The molecule has 3 aromatic carbocycles. The van der Waals surface area contributed by atoms with Crippen molar-refractivity contribution in [2.24, 2.45) is 0 Å². The highest BCUT2D eigenvalue weighted by atomic mass is 19.1. The summed E-state index contributed by atoms with van der Waals surface area (Å²) in [6.07, 6.45) is 2.76. The zero-order valence-electron chi connectivity index (χ0n) is 15.6. The molecule has 0 radical (unpaired) electrons. The van der Waals surface area contributed by atoms with Crippen LogP contribution in [0.5, 0.6) is 5.75 Å². The largest absolute Gasteiger partial charge is 0.508 e. The lowest BCUT2D eigenvalue weighted by Crippen LogP contribution is -2.26. The van der Waals surface area contributed by atoms with E-state index in [1.165, 1.54) is 23.3 Å². The predicted molar refractivity (Wildman–Crippen MR) is 110 cm³/mol. The van der Waals surface area contributed by atoms with Crippen LogP contribution >= 0.6 is 0 Å². The molecule has 0 unspecified atom stereocenters. The Morgan fingerprint density at radius 2 is 1.69 bits per heavy atom. The summed E-state index contributed by atoms with van der Waals surface area (Å²) in [5.74, 6) is -0.651. The van der Waals surface area contributed by atoms with E-state index in [9.17, 15) is 14.3 Å². The first-order valence-corrected chi connectivity index (χ1v) is 9.37. The monoisotopic (exact) mass is 389 g/mol. The molecule has 0 atom stereocenters. The average molecular weight is 389 g/mol. The van der Waals surface area contributed by atoms with Crippen LogP contribution in [0.3, 0.4) is 0 Å². The summed E-state index contributed by atoms with van der Waals surface area (Å²) in [6.45, 7) is 0.481. The third-order valence-electron chi connectivity index (χ3n) is 4.92. The van der Waals surface area contributed by atoms with Crippen molar-refractivity contribution in [3.05, 3.63) is 95.3 Å². The molecule has 3 aromatic rings. The quantitative estimate of drug-likeness (QED) is 0.640. The summed E-state index contributed by atoms with van der Waals surface area (Å²) in [7, 11) is 0. The van der Waals surface area contributed by atoms with E-state index in [-0.39, 0.29) is 24.8 Å². The van der Waals surface area contributed by atoms with Gasteiger partial charge in [-0.3, -0.25) is 0 Å². The Morgan fingerprint density at radius 1 is 1.03 bits per heavy atom. The van der Waals surface area contributed by atoms with Gasteiger partial charge in [-0.05, 0) is 39.9 Å². The number of alkyl carbamates (subject to hydrolysis) is 1. The number of amides is 1. The molecule has 1 aliphatic carbocycles. The maximum absolute atomic E-state index is 13.2. The summed E-state index contributed by atoms with van der Waals surface area (Å²) < 4.78 is 18.7. The van der Waals surface area contributed by atoms with Crippen LogP contribution in [0.25, 0.3) is 17.2 Å². The van der Waals surface area contributed by atoms with Gasteiger partial charge in [0.1, 0.15) is 18.2 Å². The van der Waals surface area contributed by atoms with Gasteiger partial charge >= 0.3 is 6.09 Å². The molecule has 0 spiro atoms. The minimum Gasteiger partial charge on any atom is -0.508 e. The Hall–Kier alpha value is -3.60. The number of benzene rings is 3. The fraction of sp³-hybridized carbons (Fsp3) is 0.125. The summed E-state index contributed by atoms with van der Waals surface area (Å²) in [4.78, 5) is 12.1. The van der Waals surface area contributed by atoms with Crippen LogP contribution in [0, 0.1) is 5.82 Å². The van der Waals surface area contributed by atoms with Crippen LogP contribution in [-0.4, -0.2) is 24.4 Å². The molecule has 0 heterocycles. The number of hydrogen-bond donors (Lipinski definition) is 2. The topological polar surface area (TPSA) is 58.6 Å². The molecule has 1 aliphatic rings. The smallest absolute Gasteiger partial charge is 0.407 e. The summed E-state index contributed by atoms with van der Waals surface area (Å²) in [5, 5.41) is 12.0. The molecular weight excluding hydrogens is 369 g/mol. The van der Waals surface area contributed by atoms with Gasteiger partial charge in [0.2, 0.25) is 0 Å². The molecule has 1 amide bonds. The maximum Gasteiger partial charge on any atom is 0.407 e. The van der Waals surface area contributed by atoms with Crippen LogP contribution in [0.15, 0.2) is 72.8 Å². The Morgan fingerprint density at radius 3 is 2.34 bits per heavy atom. The van der Waals surface area contributed by atoms with E-state index in [1.807, 2.05) is 24.3 Å². The number of hydrogen-bond acceptors (Lipinski definition) is 3. The fourth-order valence-corrected chi connectivity index (χ4v) is 3.68. The van der Waals surface area contributed by atoms with E-state index in [4.69, 9.17) is 4.74 Å². The third kappa shape index (κ3) is 4.14. The van der Waals surface area contributed by atoms with Gasteiger partial charge < -0.3 is 15.2 Å². The minimum atomic E-state index is -0.519. The van der Waals surface area contributed by atoms with Gasteiger partial charge in [-0.1, -0.05) is 60.7 Å². The zero-order chi connectivity index (χ0) is 20.2. The van der Waals surface area contributed by atoms with Crippen molar-refractivity contribution in [3.63, 3.8) is 0 Å². The standard InChI is InChI=1S/C24H20FNO3/c25-17-12-16(13-18(27)14-17)6-5-11-26-24(28)29-15-23-21-9-3-1-7-19(21)20-8-2-4-10-22(20)23/h1-10,12-14,23,27H,11,15H2,(H,26,28). The van der Waals surface area contributed by atoms with Crippen molar-refractivity contribution in [2.75, 3.05) is 13.2 Å². The lowest BCUT2D eigenvalue weighted by Gasteiger charge is -2.14. The van der Waals surface area contributed by atoms with Crippen LogP contribution in [-0.2, 0) is 4.74 Å². The van der Waals surface area contributed by atoms with E-state index in [0.717, 1.165) is 17.2 Å². The van der Waals surface area contributed by atoms with Crippen molar-refractivity contribution < 1.29 is 19.0 Å². The van der Waals surface area contributed by atoms with E-state index < -0.39 is 11.9 Å². The molecule has 2 N–H and O–H groups in total. The number of aromatic hydroxyl groups is 1. The minimum absolute atomic E-state index is 0.0129. The third-order valence-corrected chi connectivity index (χ3v) is 4.92. The van der Waals surface area contributed by atoms with E-state index in [1.54, 1.807) is 12.2 Å². The Bertz CT molecular complexity index is 1010. The van der Waals surface area contributed by atoms with E-state index in [0.29, 0.717) is 5.56 Å². The van der Waals surface area contributed by atoms with Crippen LogP contribution < -0.4 is 5.32 Å². The molecule has 29 heavy (non-hydrogen) atoms. The van der Waals surface area contributed by atoms with Gasteiger partial charge in [0.25, 0.3) is 0 Å². The number of fused-ring (bicyclic) bond motifs is 3. The van der Waals surface area contributed by atoms with Gasteiger partial charge in [0, 0.05) is 18.5 Å². The molecule has 4 rings (SSSR count). The van der Waals surface area contributed by atoms with Gasteiger partial charge in [0.05, 0.1) is 0 Å². The number of phenolic OH excluding ortho intramolecular Hbond substituents is 1. The fourth-order valence-electron chi connectivity index (χ4n) is 3.68. The lowest BCUT2D eigenvalue weighted by molar-refractivity contribution is 0.144. The highest BCUT2D eigenvalue weighted by molar-refractivity contribution is 5.79. The van der Waals surface area contributed by atoms with Crippen molar-refractivity contribution in [3.8, 4) is 16.9 Å². The molecule has 0 aliphatic heterocycles. The molecule has 4 nitrogen and oxygen atoms in total. The van der Waals surface area contributed by atoms with Crippen LogP contribution in [0.2, 0.25) is 0 Å². The maximum atomic E-state index is 13.2. The molecule has 0 saturated heterocycles. The van der Waals surface area contributed by atoms with Gasteiger partial charge in [-0.2, -0.15) is 0 Å². The number of carbonyl (C=O) groups is 1. The van der Waals surface area contributed by atoms with E-state index in [2.05, 4.69) is 29.6 Å². The number of rotatable bonds is 5. The molecule has 0 aromatic heterocycles. The van der Waals surface area contributed by atoms with Gasteiger partial charge in [-0.25, -0.2) is 9.18 Å². The molecular formula is C24H20FNO3. The van der Waals surface area contributed by atoms with Crippen molar-refractivity contribution in [1.82, 2.24) is 5.32 Å². The molecule has 0 bridgehead atoms. The van der Waals surface area contributed by atoms with Crippen LogP contribution in [0.4, 0.5) is 9.18 Å². The first-order valence-electron chi connectivity index (χ1n) is 9.37. The Labute approximate surface area is 168 Å². The van der Waals surface area contributed by atoms with Crippen molar-refractivity contribution in [2.45, 2.75) is 5.92 Å². The summed E-state index contributed by atoms with van der Waals surface area (Å²) >= 11 is 0. The van der Waals surface area contributed by atoms with Gasteiger partial charge in [-0.15, -0.1) is 0 Å². The average Bonchev–Trinajstić information content (AvgIpc) is 3.03.